The van der Waals surface area contributed by atoms with Crippen LogP contribution in [-0.2, 0) is 14.3 Å². The first-order valence-electron chi connectivity index (χ1n) is 7.10. The van der Waals surface area contributed by atoms with Gasteiger partial charge >= 0.3 is 5.97 Å². The smallest absolute Gasteiger partial charge is 0.329 e. The predicted molar refractivity (Wildman–Crippen MR) is 69.7 cm³/mol. The fourth-order valence-corrected chi connectivity index (χ4v) is 3.25. The van der Waals surface area contributed by atoms with Crippen LogP contribution in [0, 0.1) is 11.8 Å². The lowest BCUT2D eigenvalue weighted by molar-refractivity contribution is -0.150. The summed E-state index contributed by atoms with van der Waals surface area (Å²) in [7, 11) is 0. The molecule has 2 aliphatic rings. The first-order chi connectivity index (χ1) is 8.93. The van der Waals surface area contributed by atoms with Crippen molar-refractivity contribution in [2.75, 3.05) is 6.61 Å². The number of rotatable bonds is 3. The van der Waals surface area contributed by atoms with E-state index >= 15 is 0 Å². The van der Waals surface area contributed by atoms with Gasteiger partial charge in [0.2, 0.25) is 5.91 Å². The Labute approximate surface area is 113 Å². The van der Waals surface area contributed by atoms with Crippen molar-refractivity contribution in [3.63, 3.8) is 0 Å². The summed E-state index contributed by atoms with van der Waals surface area (Å²) in [6.07, 6.45) is 3.71. The highest BCUT2D eigenvalue weighted by Gasteiger charge is 2.44. The Hall–Kier alpha value is -1.10. The van der Waals surface area contributed by atoms with Gasteiger partial charge in [0.25, 0.3) is 0 Å². The molecule has 2 N–H and O–H groups in total. The lowest BCUT2D eigenvalue weighted by Crippen LogP contribution is -2.58. The van der Waals surface area contributed by atoms with Gasteiger partial charge in [-0.25, -0.2) is 4.79 Å². The van der Waals surface area contributed by atoms with Crippen molar-refractivity contribution < 1.29 is 19.4 Å². The maximum Gasteiger partial charge on any atom is 0.329 e. The van der Waals surface area contributed by atoms with Crippen LogP contribution in [0.4, 0.5) is 0 Å². The van der Waals surface area contributed by atoms with E-state index in [0.717, 1.165) is 12.8 Å². The summed E-state index contributed by atoms with van der Waals surface area (Å²) >= 11 is 0. The first-order valence-corrected chi connectivity index (χ1v) is 7.10. The molecule has 1 saturated carbocycles. The SMILES string of the molecule is CC1CCCC(NC(=O)C2COC(C)C2)(C(=O)O)C1. The molecule has 0 spiro atoms. The minimum Gasteiger partial charge on any atom is -0.480 e. The lowest BCUT2D eigenvalue weighted by Gasteiger charge is -2.37. The quantitative estimate of drug-likeness (QED) is 0.815. The maximum absolute atomic E-state index is 12.2. The number of amides is 1. The zero-order valence-corrected chi connectivity index (χ0v) is 11.6. The van der Waals surface area contributed by atoms with Crippen molar-refractivity contribution in [2.45, 2.75) is 57.6 Å². The molecule has 0 radical (unpaired) electrons. The summed E-state index contributed by atoms with van der Waals surface area (Å²) in [6.45, 7) is 4.38. The number of carbonyl (C=O) groups excluding carboxylic acids is 1. The van der Waals surface area contributed by atoms with Gasteiger partial charge in [-0.1, -0.05) is 19.8 Å². The Bertz CT molecular complexity index is 370. The zero-order chi connectivity index (χ0) is 14.0. The number of ether oxygens (including phenoxy) is 1. The Kier molecular flexibility index (Phi) is 4.13. The molecule has 5 nitrogen and oxygen atoms in total. The fraction of sp³-hybridized carbons (Fsp3) is 0.857. The van der Waals surface area contributed by atoms with Gasteiger partial charge in [0.15, 0.2) is 0 Å². The predicted octanol–water partition coefficient (Wildman–Crippen LogP) is 1.56. The minimum atomic E-state index is -1.07. The largest absolute Gasteiger partial charge is 0.480 e. The fourth-order valence-electron chi connectivity index (χ4n) is 3.25. The molecule has 1 aliphatic heterocycles. The van der Waals surface area contributed by atoms with Crippen molar-refractivity contribution in [1.82, 2.24) is 5.32 Å². The first kappa shape index (κ1) is 14.3. The summed E-state index contributed by atoms with van der Waals surface area (Å²) in [4.78, 5) is 23.8. The number of nitrogens with one attached hydrogen (secondary N) is 1. The molecule has 0 aromatic rings. The molecule has 1 amide bonds. The highest BCUT2D eigenvalue weighted by Crippen LogP contribution is 2.33. The van der Waals surface area contributed by atoms with E-state index in [4.69, 9.17) is 4.74 Å². The van der Waals surface area contributed by atoms with Crippen LogP contribution in [-0.4, -0.2) is 35.2 Å². The molecule has 1 saturated heterocycles. The molecule has 5 heteroatoms. The second kappa shape index (κ2) is 5.49. The zero-order valence-electron chi connectivity index (χ0n) is 11.6. The van der Waals surface area contributed by atoms with E-state index in [-0.39, 0.29) is 17.9 Å². The van der Waals surface area contributed by atoms with Crippen LogP contribution >= 0.6 is 0 Å². The number of carbonyl (C=O) groups is 2. The molecule has 1 heterocycles. The third-order valence-corrected chi connectivity index (χ3v) is 4.34. The van der Waals surface area contributed by atoms with Crippen LogP contribution < -0.4 is 5.32 Å². The van der Waals surface area contributed by atoms with Crippen LogP contribution in [0.5, 0.6) is 0 Å². The third kappa shape index (κ3) is 3.08. The van der Waals surface area contributed by atoms with Gasteiger partial charge in [-0.3, -0.25) is 4.79 Å². The van der Waals surface area contributed by atoms with Gasteiger partial charge in [0.1, 0.15) is 5.54 Å². The lowest BCUT2D eigenvalue weighted by atomic mass is 9.76. The number of hydrogen-bond acceptors (Lipinski definition) is 3. The van der Waals surface area contributed by atoms with Crippen LogP contribution in [0.2, 0.25) is 0 Å². The van der Waals surface area contributed by atoms with Gasteiger partial charge in [-0.2, -0.15) is 0 Å². The summed E-state index contributed by atoms with van der Waals surface area (Å²) in [5, 5.41) is 12.3. The molecule has 2 rings (SSSR count). The molecule has 4 unspecified atom stereocenters. The van der Waals surface area contributed by atoms with Crippen molar-refractivity contribution in [3.8, 4) is 0 Å². The highest BCUT2D eigenvalue weighted by molar-refractivity contribution is 5.88. The second-order valence-electron chi connectivity index (χ2n) is 6.15. The standard InChI is InChI=1S/C14H23NO4/c1-9-4-3-5-14(7-9,13(17)18)15-12(16)11-6-10(2)19-8-11/h9-11H,3-8H2,1-2H3,(H,15,16)(H,17,18). The van der Waals surface area contributed by atoms with Crippen LogP contribution in [0.25, 0.3) is 0 Å². The van der Waals surface area contributed by atoms with Gasteiger partial charge < -0.3 is 15.2 Å². The van der Waals surface area contributed by atoms with E-state index in [1.165, 1.54) is 0 Å². The molecule has 108 valence electrons. The Morgan fingerprint density at radius 1 is 1.37 bits per heavy atom. The average Bonchev–Trinajstić information content (AvgIpc) is 2.75. The molecular weight excluding hydrogens is 246 g/mol. The Morgan fingerprint density at radius 2 is 2.11 bits per heavy atom. The second-order valence-corrected chi connectivity index (χ2v) is 6.15. The van der Waals surface area contributed by atoms with Crippen molar-refractivity contribution in [3.05, 3.63) is 0 Å². The Morgan fingerprint density at radius 3 is 2.63 bits per heavy atom. The number of carboxylic acids is 1. The summed E-state index contributed by atoms with van der Waals surface area (Å²) in [5.41, 5.74) is -1.07. The summed E-state index contributed by atoms with van der Waals surface area (Å²) in [6, 6.07) is 0. The molecule has 0 aromatic carbocycles. The topological polar surface area (TPSA) is 75.6 Å². The van der Waals surface area contributed by atoms with E-state index in [1.54, 1.807) is 0 Å². The van der Waals surface area contributed by atoms with Crippen LogP contribution in [0.3, 0.4) is 0 Å². The summed E-state index contributed by atoms with van der Waals surface area (Å²) in [5.74, 6) is -0.937. The van der Waals surface area contributed by atoms with E-state index in [1.807, 2.05) is 13.8 Å². The van der Waals surface area contributed by atoms with Gasteiger partial charge in [-0.05, 0) is 32.1 Å². The monoisotopic (exact) mass is 269 g/mol. The summed E-state index contributed by atoms with van der Waals surface area (Å²) < 4.78 is 5.38. The van der Waals surface area contributed by atoms with Crippen LogP contribution in [0.1, 0.15) is 46.0 Å². The normalized spacial score (nSPS) is 38.9. The van der Waals surface area contributed by atoms with Gasteiger partial charge in [0, 0.05) is 0 Å². The molecule has 19 heavy (non-hydrogen) atoms. The average molecular weight is 269 g/mol. The molecule has 0 aromatic heterocycles. The van der Waals surface area contributed by atoms with Gasteiger partial charge in [0.05, 0.1) is 18.6 Å². The van der Waals surface area contributed by atoms with Crippen LogP contribution in [0.15, 0.2) is 0 Å². The van der Waals surface area contributed by atoms with E-state index in [0.29, 0.717) is 31.8 Å². The molecule has 2 fully saturated rings. The van der Waals surface area contributed by atoms with E-state index in [2.05, 4.69) is 5.32 Å². The molecule has 0 bridgehead atoms. The van der Waals surface area contributed by atoms with E-state index < -0.39 is 11.5 Å². The van der Waals surface area contributed by atoms with Crippen molar-refractivity contribution in [1.29, 1.82) is 0 Å². The maximum atomic E-state index is 12.2. The molecular formula is C14H23NO4. The molecule has 1 aliphatic carbocycles. The van der Waals surface area contributed by atoms with E-state index in [9.17, 15) is 14.7 Å². The minimum absolute atomic E-state index is 0.0850. The molecule has 4 atom stereocenters. The number of carboxylic acid groups (broad SMARTS) is 1. The Balaban J connectivity index is 2.04. The van der Waals surface area contributed by atoms with Crippen molar-refractivity contribution in [2.24, 2.45) is 11.8 Å². The van der Waals surface area contributed by atoms with Crippen molar-refractivity contribution >= 4 is 11.9 Å². The third-order valence-electron chi connectivity index (χ3n) is 4.34. The highest BCUT2D eigenvalue weighted by atomic mass is 16.5. The number of aliphatic carboxylic acids is 1. The van der Waals surface area contributed by atoms with Gasteiger partial charge in [-0.15, -0.1) is 0 Å². The number of hydrogen-bond donors (Lipinski definition) is 2.